The summed E-state index contributed by atoms with van der Waals surface area (Å²) in [5.74, 6) is -0.757. The van der Waals surface area contributed by atoms with Gasteiger partial charge in [0.25, 0.3) is 5.91 Å². The lowest BCUT2D eigenvalue weighted by atomic mass is 10.3. The number of carbonyl (C=O) groups is 1. The number of hydrogen-bond donors (Lipinski definition) is 1. The van der Waals surface area contributed by atoms with Gasteiger partial charge in [0, 0.05) is 10.2 Å². The van der Waals surface area contributed by atoms with Gasteiger partial charge in [0.15, 0.2) is 5.76 Å². The second-order valence-corrected chi connectivity index (χ2v) is 8.77. The van der Waals surface area contributed by atoms with Crippen LogP contribution in [-0.4, -0.2) is 14.3 Å². The van der Waals surface area contributed by atoms with Crippen molar-refractivity contribution in [1.82, 2.24) is 0 Å². The molecule has 3 aromatic rings. The summed E-state index contributed by atoms with van der Waals surface area (Å²) < 4.78 is 31.1. The maximum absolute atomic E-state index is 12.5. The summed E-state index contributed by atoms with van der Waals surface area (Å²) in [6, 6.07) is 13.2. The van der Waals surface area contributed by atoms with E-state index in [1.54, 1.807) is 18.2 Å². The van der Waals surface area contributed by atoms with Gasteiger partial charge in [0.1, 0.15) is 0 Å². The molecule has 1 N–H and O–H groups in total. The second kappa shape index (κ2) is 7.44. The minimum absolute atomic E-state index is 0.0616. The minimum atomic E-state index is -3.86. The van der Waals surface area contributed by atoms with E-state index in [0.29, 0.717) is 10.7 Å². The van der Waals surface area contributed by atoms with Crippen molar-refractivity contribution in [3.05, 3.63) is 74.9 Å². The summed E-state index contributed by atoms with van der Waals surface area (Å²) in [7, 11) is -3.86. The van der Waals surface area contributed by atoms with Crippen LogP contribution in [0.3, 0.4) is 0 Å². The number of nitrogens with one attached hydrogen (secondary N) is 1. The molecule has 5 nitrogen and oxygen atoms in total. The molecule has 134 valence electrons. The molecule has 9 heteroatoms. The number of carbonyl (C=O) groups excluding carboxylic acids is 1. The van der Waals surface area contributed by atoms with Crippen molar-refractivity contribution in [2.45, 2.75) is 9.99 Å². The predicted octanol–water partition coefficient (Wildman–Crippen LogP) is 5.43. The maximum Gasteiger partial charge on any atom is 0.291 e. The summed E-state index contributed by atoms with van der Waals surface area (Å²) in [5.41, 5.74) is 0.401. The van der Waals surface area contributed by atoms with Crippen LogP contribution >= 0.6 is 39.1 Å². The molecular formula is C17H10BrCl2NO4S. The molecule has 0 aliphatic rings. The first-order chi connectivity index (χ1) is 12.3. The van der Waals surface area contributed by atoms with Gasteiger partial charge < -0.3 is 9.73 Å². The summed E-state index contributed by atoms with van der Waals surface area (Å²) in [6.07, 6.45) is 0. The van der Waals surface area contributed by atoms with E-state index in [-0.39, 0.29) is 20.8 Å². The SMILES string of the molecule is O=C(Nc1ccc(Cl)c(Cl)c1)c1ccc(S(=O)(=O)c2ccc(Br)cc2)o1. The Hall–Kier alpha value is -1.80. The number of sulfone groups is 1. The van der Waals surface area contributed by atoms with E-state index in [2.05, 4.69) is 21.2 Å². The zero-order chi connectivity index (χ0) is 18.9. The number of rotatable bonds is 4. The van der Waals surface area contributed by atoms with Crippen LogP contribution in [0.2, 0.25) is 10.0 Å². The molecule has 0 atom stereocenters. The van der Waals surface area contributed by atoms with Crippen LogP contribution in [0, 0.1) is 0 Å². The van der Waals surface area contributed by atoms with Gasteiger partial charge >= 0.3 is 0 Å². The molecule has 1 heterocycles. The second-order valence-electron chi connectivity index (χ2n) is 5.16. The molecule has 1 amide bonds. The first-order valence-corrected chi connectivity index (χ1v) is 10.2. The van der Waals surface area contributed by atoms with Crippen molar-refractivity contribution in [3.63, 3.8) is 0 Å². The first-order valence-electron chi connectivity index (χ1n) is 7.14. The van der Waals surface area contributed by atoms with Gasteiger partial charge in [-0.2, -0.15) is 0 Å². The Morgan fingerprint density at radius 3 is 2.31 bits per heavy atom. The Kier molecular flexibility index (Phi) is 5.43. The van der Waals surface area contributed by atoms with Crippen molar-refractivity contribution in [1.29, 1.82) is 0 Å². The number of amides is 1. The van der Waals surface area contributed by atoms with Crippen molar-refractivity contribution in [3.8, 4) is 0 Å². The van der Waals surface area contributed by atoms with E-state index in [1.807, 2.05) is 0 Å². The lowest BCUT2D eigenvalue weighted by Gasteiger charge is -2.05. The van der Waals surface area contributed by atoms with Crippen LogP contribution in [0.4, 0.5) is 5.69 Å². The Labute approximate surface area is 168 Å². The largest absolute Gasteiger partial charge is 0.439 e. The zero-order valence-corrected chi connectivity index (χ0v) is 16.8. The van der Waals surface area contributed by atoms with Gasteiger partial charge in [0.05, 0.1) is 14.9 Å². The summed E-state index contributed by atoms with van der Waals surface area (Å²) in [6.45, 7) is 0. The van der Waals surface area contributed by atoms with Crippen LogP contribution in [0.25, 0.3) is 0 Å². The highest BCUT2D eigenvalue weighted by Gasteiger charge is 2.23. The molecule has 0 aliphatic heterocycles. The third kappa shape index (κ3) is 3.96. The molecule has 0 saturated carbocycles. The first kappa shape index (κ1) is 19.0. The number of hydrogen-bond acceptors (Lipinski definition) is 4. The molecule has 0 radical (unpaired) electrons. The summed E-state index contributed by atoms with van der Waals surface area (Å²) in [5, 5.41) is 2.87. The van der Waals surface area contributed by atoms with E-state index in [1.165, 1.54) is 36.4 Å². The lowest BCUT2D eigenvalue weighted by molar-refractivity contribution is 0.0991. The molecule has 0 spiro atoms. The maximum atomic E-state index is 12.5. The predicted molar refractivity (Wildman–Crippen MR) is 103 cm³/mol. The van der Waals surface area contributed by atoms with Crippen LogP contribution in [0.15, 0.2) is 73.5 Å². The average molecular weight is 475 g/mol. The van der Waals surface area contributed by atoms with E-state index < -0.39 is 15.7 Å². The summed E-state index contributed by atoms with van der Waals surface area (Å²) in [4.78, 5) is 12.3. The van der Waals surface area contributed by atoms with Gasteiger partial charge in [-0.1, -0.05) is 39.1 Å². The normalized spacial score (nSPS) is 11.3. The standard InChI is InChI=1S/C17H10BrCl2NO4S/c18-10-1-4-12(5-2-10)26(23,24)16-8-7-15(25-16)17(22)21-11-3-6-13(19)14(20)9-11/h1-9H,(H,21,22). The van der Waals surface area contributed by atoms with Crippen molar-refractivity contribution in [2.24, 2.45) is 0 Å². The number of anilines is 1. The fraction of sp³-hybridized carbons (Fsp3) is 0. The fourth-order valence-electron chi connectivity index (χ4n) is 2.08. The smallest absolute Gasteiger partial charge is 0.291 e. The quantitative estimate of drug-likeness (QED) is 0.546. The molecule has 0 unspecified atom stereocenters. The lowest BCUT2D eigenvalue weighted by Crippen LogP contribution is -2.11. The van der Waals surface area contributed by atoms with Gasteiger partial charge in [-0.25, -0.2) is 8.42 Å². The van der Waals surface area contributed by atoms with Gasteiger partial charge in [-0.15, -0.1) is 0 Å². The van der Waals surface area contributed by atoms with Gasteiger partial charge in [-0.05, 0) is 54.6 Å². The Balaban J connectivity index is 1.83. The van der Waals surface area contributed by atoms with E-state index in [4.69, 9.17) is 27.6 Å². The topological polar surface area (TPSA) is 76.4 Å². The van der Waals surface area contributed by atoms with E-state index in [9.17, 15) is 13.2 Å². The van der Waals surface area contributed by atoms with Gasteiger partial charge in [-0.3, -0.25) is 4.79 Å². The minimum Gasteiger partial charge on any atom is -0.439 e. The molecule has 0 aliphatic carbocycles. The van der Waals surface area contributed by atoms with Crippen LogP contribution in [0.1, 0.15) is 10.6 Å². The van der Waals surface area contributed by atoms with Crippen LogP contribution in [0.5, 0.6) is 0 Å². The fourth-order valence-corrected chi connectivity index (χ4v) is 3.82. The van der Waals surface area contributed by atoms with Crippen LogP contribution in [-0.2, 0) is 9.84 Å². The summed E-state index contributed by atoms with van der Waals surface area (Å²) >= 11 is 15.0. The third-order valence-electron chi connectivity index (χ3n) is 3.37. The Bertz CT molecular complexity index is 1080. The highest BCUT2D eigenvalue weighted by Crippen LogP contribution is 2.27. The van der Waals surface area contributed by atoms with Gasteiger partial charge in [0.2, 0.25) is 14.9 Å². The number of furan rings is 1. The monoisotopic (exact) mass is 473 g/mol. The molecule has 0 fully saturated rings. The molecule has 3 rings (SSSR count). The molecule has 2 aromatic carbocycles. The number of halogens is 3. The van der Waals surface area contributed by atoms with Crippen molar-refractivity contribution in [2.75, 3.05) is 5.32 Å². The molecule has 1 aromatic heterocycles. The molecule has 0 saturated heterocycles. The highest BCUT2D eigenvalue weighted by atomic mass is 79.9. The number of benzene rings is 2. The highest BCUT2D eigenvalue weighted by molar-refractivity contribution is 9.10. The Morgan fingerprint density at radius 2 is 1.65 bits per heavy atom. The van der Waals surface area contributed by atoms with Crippen molar-refractivity contribution < 1.29 is 17.6 Å². The molecule has 0 bridgehead atoms. The van der Waals surface area contributed by atoms with E-state index in [0.717, 1.165) is 4.47 Å². The Morgan fingerprint density at radius 1 is 0.962 bits per heavy atom. The molecular weight excluding hydrogens is 465 g/mol. The van der Waals surface area contributed by atoms with Crippen molar-refractivity contribution >= 4 is 60.6 Å². The zero-order valence-electron chi connectivity index (χ0n) is 12.9. The van der Waals surface area contributed by atoms with Crippen LogP contribution < -0.4 is 5.32 Å². The van der Waals surface area contributed by atoms with E-state index >= 15 is 0 Å². The third-order valence-corrected chi connectivity index (χ3v) is 6.28. The molecule has 26 heavy (non-hydrogen) atoms. The average Bonchev–Trinajstić information content (AvgIpc) is 3.10.